The lowest BCUT2D eigenvalue weighted by Crippen LogP contribution is -2.53. The van der Waals surface area contributed by atoms with Crippen molar-refractivity contribution in [2.24, 2.45) is 4.99 Å². The molecule has 3 aliphatic heterocycles. The first kappa shape index (κ1) is 24.5. The number of hydrogen-bond donors (Lipinski definition) is 1. The third-order valence-electron chi connectivity index (χ3n) is 5.89. The van der Waals surface area contributed by atoms with Gasteiger partial charge in [-0.1, -0.05) is 6.07 Å². The van der Waals surface area contributed by atoms with Crippen LogP contribution in [0.2, 0.25) is 0 Å². The monoisotopic (exact) mass is 545 g/mol. The van der Waals surface area contributed by atoms with Crippen LogP contribution in [0.3, 0.4) is 0 Å². The molecule has 3 saturated heterocycles. The van der Waals surface area contributed by atoms with E-state index < -0.39 is 0 Å². The molecule has 3 atom stereocenters. The molecule has 9 heteroatoms. The quantitative estimate of drug-likeness (QED) is 0.346. The van der Waals surface area contributed by atoms with Crippen LogP contribution < -0.4 is 10.2 Å². The topological polar surface area (TPSA) is 71.5 Å². The van der Waals surface area contributed by atoms with Crippen LogP contribution in [-0.2, 0) is 20.8 Å². The molecule has 31 heavy (non-hydrogen) atoms. The van der Waals surface area contributed by atoms with Gasteiger partial charge in [0.15, 0.2) is 5.96 Å². The molecule has 0 aromatic carbocycles. The van der Waals surface area contributed by atoms with E-state index in [4.69, 9.17) is 19.2 Å². The number of pyridine rings is 1. The molecule has 4 rings (SSSR count). The van der Waals surface area contributed by atoms with E-state index in [1.54, 1.807) is 0 Å². The molecule has 0 amide bonds. The minimum absolute atomic E-state index is 0. The van der Waals surface area contributed by atoms with Gasteiger partial charge in [-0.25, -0.2) is 9.98 Å². The molecule has 0 bridgehead atoms. The first-order chi connectivity index (χ1) is 14.7. The molecule has 1 aromatic rings. The molecular formula is C22H36IN5O3. The number of aliphatic imine (C=N–C) groups is 1. The summed E-state index contributed by atoms with van der Waals surface area (Å²) in [6.07, 6.45) is 4.76. The maximum absolute atomic E-state index is 5.99. The zero-order chi connectivity index (χ0) is 20.8. The number of halogens is 1. The Balaban J connectivity index is 0.00000272. The smallest absolute Gasteiger partial charge is 0.194 e. The highest BCUT2D eigenvalue weighted by molar-refractivity contribution is 14.0. The van der Waals surface area contributed by atoms with Crippen molar-refractivity contribution in [1.82, 2.24) is 15.2 Å². The minimum Gasteiger partial charge on any atom is -0.375 e. The first-order valence-corrected chi connectivity index (χ1v) is 11.3. The van der Waals surface area contributed by atoms with Crippen molar-refractivity contribution in [1.29, 1.82) is 0 Å². The van der Waals surface area contributed by atoms with E-state index in [2.05, 4.69) is 46.1 Å². The van der Waals surface area contributed by atoms with Crippen molar-refractivity contribution < 1.29 is 14.2 Å². The molecule has 3 aliphatic rings. The van der Waals surface area contributed by atoms with Crippen molar-refractivity contribution >= 4 is 35.8 Å². The summed E-state index contributed by atoms with van der Waals surface area (Å²) in [5, 5.41) is 3.44. The van der Waals surface area contributed by atoms with E-state index in [9.17, 15) is 0 Å². The van der Waals surface area contributed by atoms with Crippen molar-refractivity contribution in [3.8, 4) is 0 Å². The zero-order valence-electron chi connectivity index (χ0n) is 18.7. The van der Waals surface area contributed by atoms with E-state index in [1.807, 2.05) is 6.20 Å². The van der Waals surface area contributed by atoms with Gasteiger partial charge in [-0.15, -0.1) is 24.0 Å². The van der Waals surface area contributed by atoms with Crippen LogP contribution in [0.4, 0.5) is 5.82 Å². The predicted molar refractivity (Wildman–Crippen MR) is 132 cm³/mol. The summed E-state index contributed by atoms with van der Waals surface area (Å²) in [4.78, 5) is 14.1. The highest BCUT2D eigenvalue weighted by Gasteiger charge is 2.32. The second-order valence-electron chi connectivity index (χ2n) is 8.23. The first-order valence-electron chi connectivity index (χ1n) is 11.3. The number of anilines is 1. The molecule has 3 unspecified atom stereocenters. The third-order valence-corrected chi connectivity index (χ3v) is 5.89. The summed E-state index contributed by atoms with van der Waals surface area (Å²) in [7, 11) is 0. The Morgan fingerprint density at radius 2 is 1.97 bits per heavy atom. The lowest BCUT2D eigenvalue weighted by Gasteiger charge is -2.37. The van der Waals surface area contributed by atoms with Gasteiger partial charge in [0.05, 0.1) is 32.0 Å². The summed E-state index contributed by atoms with van der Waals surface area (Å²) >= 11 is 0. The lowest BCUT2D eigenvalue weighted by atomic mass is 10.1. The lowest BCUT2D eigenvalue weighted by molar-refractivity contribution is -0.0817. The molecule has 1 N–H and O–H groups in total. The summed E-state index contributed by atoms with van der Waals surface area (Å²) in [5.41, 5.74) is 1.11. The van der Waals surface area contributed by atoms with Crippen LogP contribution in [0.5, 0.6) is 0 Å². The number of morpholine rings is 2. The van der Waals surface area contributed by atoms with E-state index in [0.717, 1.165) is 76.1 Å². The largest absolute Gasteiger partial charge is 0.375 e. The van der Waals surface area contributed by atoms with Crippen LogP contribution in [0, 0.1) is 0 Å². The molecule has 8 nitrogen and oxygen atoms in total. The molecule has 0 aliphatic carbocycles. The van der Waals surface area contributed by atoms with Crippen molar-refractivity contribution in [3.63, 3.8) is 0 Å². The van der Waals surface area contributed by atoms with Crippen LogP contribution in [0.1, 0.15) is 32.3 Å². The van der Waals surface area contributed by atoms with Crippen molar-refractivity contribution in [2.45, 2.75) is 51.5 Å². The van der Waals surface area contributed by atoms with Gasteiger partial charge in [-0.05, 0) is 38.3 Å². The fourth-order valence-electron chi connectivity index (χ4n) is 4.30. The van der Waals surface area contributed by atoms with Gasteiger partial charge >= 0.3 is 0 Å². The fraction of sp³-hybridized carbons (Fsp3) is 0.727. The van der Waals surface area contributed by atoms with Gasteiger partial charge < -0.3 is 29.3 Å². The zero-order valence-corrected chi connectivity index (χ0v) is 21.0. The Morgan fingerprint density at radius 1 is 1.13 bits per heavy atom. The van der Waals surface area contributed by atoms with Crippen molar-refractivity contribution in [3.05, 3.63) is 23.9 Å². The van der Waals surface area contributed by atoms with Crippen LogP contribution in [-0.4, -0.2) is 86.7 Å². The number of nitrogens with zero attached hydrogens (tertiary/aromatic N) is 4. The number of rotatable bonds is 5. The fourth-order valence-corrected chi connectivity index (χ4v) is 4.30. The number of hydrogen-bond acceptors (Lipinski definition) is 6. The Morgan fingerprint density at radius 3 is 2.68 bits per heavy atom. The second kappa shape index (κ2) is 12.2. The predicted octanol–water partition coefficient (Wildman–Crippen LogP) is 2.27. The minimum atomic E-state index is 0. The van der Waals surface area contributed by atoms with Gasteiger partial charge in [-0.3, -0.25) is 0 Å². The van der Waals surface area contributed by atoms with Crippen LogP contribution in [0.25, 0.3) is 0 Å². The van der Waals surface area contributed by atoms with Crippen molar-refractivity contribution in [2.75, 3.05) is 57.4 Å². The summed E-state index contributed by atoms with van der Waals surface area (Å²) in [5.74, 6) is 1.95. The molecular weight excluding hydrogens is 509 g/mol. The average Bonchev–Trinajstić information content (AvgIpc) is 3.32. The van der Waals surface area contributed by atoms with Gasteiger partial charge in [0, 0.05) is 45.5 Å². The second-order valence-corrected chi connectivity index (χ2v) is 8.23. The summed E-state index contributed by atoms with van der Waals surface area (Å²) < 4.78 is 17.5. The van der Waals surface area contributed by atoms with E-state index >= 15 is 0 Å². The number of ether oxygens (including phenoxy) is 3. The Kier molecular flexibility index (Phi) is 9.61. The van der Waals surface area contributed by atoms with Crippen LogP contribution in [0.15, 0.2) is 23.3 Å². The van der Waals surface area contributed by atoms with E-state index in [-0.39, 0.29) is 42.3 Å². The maximum atomic E-state index is 5.99. The van der Waals surface area contributed by atoms with Gasteiger partial charge in [0.2, 0.25) is 0 Å². The number of aromatic nitrogens is 1. The standard InChI is InChI=1S/C22H35N5O3.HI/c1-3-23-22(27-9-12-30-20(16-27)19-5-4-10-29-19)25-14-18-6-7-21(24-13-18)26-8-11-28-17(2)15-26;/h6-7,13,17,19-20H,3-5,8-12,14-16H2,1-2H3,(H,23,25);1H. The highest BCUT2D eigenvalue weighted by Crippen LogP contribution is 2.21. The van der Waals surface area contributed by atoms with E-state index in [0.29, 0.717) is 13.2 Å². The summed E-state index contributed by atoms with van der Waals surface area (Å²) in [6.45, 7) is 11.4. The third kappa shape index (κ3) is 6.66. The number of guanidine groups is 1. The molecule has 3 fully saturated rings. The normalized spacial score (nSPS) is 27.2. The molecule has 1 aromatic heterocycles. The Hall–Kier alpha value is -1.17. The van der Waals surface area contributed by atoms with Gasteiger partial charge in [0.1, 0.15) is 11.9 Å². The van der Waals surface area contributed by atoms with Crippen LogP contribution >= 0.6 is 24.0 Å². The SMILES string of the molecule is CCNC(=NCc1ccc(N2CCOC(C)C2)nc1)N1CCOC(C2CCCO2)C1.I. The van der Waals surface area contributed by atoms with Gasteiger partial charge in [-0.2, -0.15) is 0 Å². The average molecular weight is 545 g/mol. The summed E-state index contributed by atoms with van der Waals surface area (Å²) in [6, 6.07) is 4.22. The Labute approximate surface area is 202 Å². The maximum Gasteiger partial charge on any atom is 0.194 e. The molecule has 174 valence electrons. The van der Waals surface area contributed by atoms with E-state index in [1.165, 1.54) is 0 Å². The van der Waals surface area contributed by atoms with Gasteiger partial charge in [0.25, 0.3) is 0 Å². The number of nitrogens with one attached hydrogen (secondary N) is 1. The Bertz CT molecular complexity index is 699. The molecule has 0 radical (unpaired) electrons. The molecule has 0 spiro atoms. The molecule has 0 saturated carbocycles. The highest BCUT2D eigenvalue weighted by atomic mass is 127. The molecule has 4 heterocycles.